The molecule has 0 aliphatic carbocycles. The van der Waals surface area contributed by atoms with Crippen LogP contribution in [0.3, 0.4) is 0 Å². The Bertz CT molecular complexity index is 345. The highest BCUT2D eigenvalue weighted by Gasteiger charge is 2.58. The van der Waals surface area contributed by atoms with Crippen LogP contribution < -0.4 is 0 Å². The van der Waals surface area contributed by atoms with Gasteiger partial charge in [0, 0.05) is 0 Å². The summed E-state index contributed by atoms with van der Waals surface area (Å²) in [5.74, 6) is -1.48. The summed E-state index contributed by atoms with van der Waals surface area (Å²) in [4.78, 5) is 0. The van der Waals surface area contributed by atoms with E-state index >= 15 is 0 Å². The zero-order valence-corrected chi connectivity index (χ0v) is 11.0. The lowest BCUT2D eigenvalue weighted by Crippen LogP contribution is -2.40. The summed E-state index contributed by atoms with van der Waals surface area (Å²) >= 11 is 0. The number of hydrogen-bond acceptors (Lipinski definition) is 5. The molecule has 0 amide bonds. The lowest BCUT2D eigenvalue weighted by atomic mass is 10.1. The second-order valence-electron chi connectivity index (χ2n) is 5.88. The zero-order valence-electron chi connectivity index (χ0n) is 11.0. The van der Waals surface area contributed by atoms with E-state index in [0.29, 0.717) is 6.61 Å². The smallest absolute Gasteiger partial charge is 0.190 e. The minimum atomic E-state index is -1.26. The molecule has 0 bridgehead atoms. The largest absolute Gasteiger partial charge is 0.348 e. The Labute approximate surface area is 105 Å². The van der Waals surface area contributed by atoms with Crippen LogP contribution in [0.25, 0.3) is 0 Å². The van der Waals surface area contributed by atoms with Gasteiger partial charge in [0.1, 0.15) is 18.3 Å². The van der Waals surface area contributed by atoms with E-state index in [1.165, 1.54) is 0 Å². The number of ether oxygens (including phenoxy) is 5. The van der Waals surface area contributed by atoms with Gasteiger partial charge in [-0.25, -0.2) is 4.39 Å². The highest BCUT2D eigenvalue weighted by molar-refractivity contribution is 4.97. The Balaban J connectivity index is 1.68. The van der Waals surface area contributed by atoms with Gasteiger partial charge >= 0.3 is 0 Å². The molecule has 104 valence electrons. The molecule has 0 aromatic heterocycles. The molecule has 3 heterocycles. The van der Waals surface area contributed by atoms with E-state index in [0.717, 1.165) is 0 Å². The van der Waals surface area contributed by atoms with E-state index < -0.39 is 42.3 Å². The minimum Gasteiger partial charge on any atom is -0.348 e. The molecule has 3 rings (SSSR count). The Hall–Kier alpha value is -0.270. The maximum absolute atomic E-state index is 14.3. The van der Waals surface area contributed by atoms with Gasteiger partial charge in [-0.05, 0) is 27.7 Å². The first-order valence-corrected chi connectivity index (χ1v) is 6.24. The van der Waals surface area contributed by atoms with Crippen LogP contribution in [0, 0.1) is 0 Å². The average Bonchev–Trinajstić information content (AvgIpc) is 2.81. The maximum Gasteiger partial charge on any atom is 0.190 e. The van der Waals surface area contributed by atoms with Gasteiger partial charge in [-0.3, -0.25) is 0 Å². The van der Waals surface area contributed by atoms with E-state index in [9.17, 15) is 4.39 Å². The minimum absolute atomic E-state index is 0.320. The normalized spacial score (nSPS) is 49.5. The van der Waals surface area contributed by atoms with Crippen molar-refractivity contribution in [3.05, 3.63) is 0 Å². The quantitative estimate of drug-likeness (QED) is 0.714. The summed E-state index contributed by atoms with van der Waals surface area (Å²) in [5.41, 5.74) is 0. The average molecular weight is 262 g/mol. The second kappa shape index (κ2) is 3.86. The van der Waals surface area contributed by atoms with Crippen molar-refractivity contribution in [3.8, 4) is 0 Å². The molecule has 0 N–H and O–H groups in total. The Morgan fingerprint density at radius 1 is 0.944 bits per heavy atom. The highest BCUT2D eigenvalue weighted by atomic mass is 19.1. The topological polar surface area (TPSA) is 46.2 Å². The van der Waals surface area contributed by atoms with Crippen molar-refractivity contribution in [1.29, 1.82) is 0 Å². The second-order valence-corrected chi connectivity index (χ2v) is 5.88. The molecular weight excluding hydrogens is 243 g/mol. The van der Waals surface area contributed by atoms with Crippen LogP contribution in [0.5, 0.6) is 0 Å². The molecule has 5 nitrogen and oxygen atoms in total. The third-order valence-corrected chi connectivity index (χ3v) is 3.40. The molecule has 0 saturated carbocycles. The molecule has 3 saturated heterocycles. The number of hydrogen-bond donors (Lipinski definition) is 0. The fourth-order valence-electron chi connectivity index (χ4n) is 2.67. The van der Waals surface area contributed by atoms with Crippen molar-refractivity contribution < 1.29 is 28.1 Å². The summed E-state index contributed by atoms with van der Waals surface area (Å²) in [6, 6.07) is 0. The number of rotatable bonds is 1. The molecule has 6 heteroatoms. The first-order valence-electron chi connectivity index (χ1n) is 6.24. The van der Waals surface area contributed by atoms with Crippen LogP contribution in [-0.2, 0) is 23.7 Å². The number of alkyl halides is 1. The van der Waals surface area contributed by atoms with Gasteiger partial charge in [0.25, 0.3) is 0 Å². The zero-order chi connectivity index (χ0) is 13.1. The third-order valence-electron chi connectivity index (χ3n) is 3.40. The standard InChI is InChI=1S/C12H19FO5/c1-11(2)14-5-6(16-11)8-7(13)9-10(15-8)18-12(3,4)17-9/h6-10H,5H2,1-4H3/t6-,7?,8-,9-,10-/m1/s1. The Kier molecular flexibility index (Phi) is 2.74. The van der Waals surface area contributed by atoms with Crippen molar-refractivity contribution in [2.24, 2.45) is 0 Å². The van der Waals surface area contributed by atoms with Crippen LogP contribution >= 0.6 is 0 Å². The SMILES string of the molecule is CC1(C)O[C@H]2O[C@H]([C@H]3COC(C)(C)O3)C(F)[C@H]2O1. The predicted molar refractivity (Wildman–Crippen MR) is 58.5 cm³/mol. The molecule has 0 spiro atoms. The molecule has 0 aromatic rings. The van der Waals surface area contributed by atoms with Crippen LogP contribution in [0.2, 0.25) is 0 Å². The Morgan fingerprint density at radius 3 is 2.22 bits per heavy atom. The third kappa shape index (κ3) is 2.06. The van der Waals surface area contributed by atoms with E-state index in [4.69, 9.17) is 23.7 Å². The van der Waals surface area contributed by atoms with Gasteiger partial charge in [-0.15, -0.1) is 0 Å². The van der Waals surface area contributed by atoms with Gasteiger partial charge in [0.15, 0.2) is 24.0 Å². The van der Waals surface area contributed by atoms with Gasteiger partial charge in [0.05, 0.1) is 6.61 Å². The summed E-state index contributed by atoms with van der Waals surface area (Å²) in [5, 5.41) is 0. The van der Waals surface area contributed by atoms with E-state index in [1.807, 2.05) is 0 Å². The lowest BCUT2D eigenvalue weighted by molar-refractivity contribution is -0.227. The van der Waals surface area contributed by atoms with Crippen LogP contribution in [0.15, 0.2) is 0 Å². The van der Waals surface area contributed by atoms with E-state index in [-0.39, 0.29) is 0 Å². The maximum atomic E-state index is 14.3. The van der Waals surface area contributed by atoms with Crippen LogP contribution in [0.4, 0.5) is 4.39 Å². The first kappa shape index (κ1) is 12.7. The molecule has 0 aromatic carbocycles. The fraction of sp³-hybridized carbons (Fsp3) is 1.00. The van der Waals surface area contributed by atoms with Gasteiger partial charge in [-0.2, -0.15) is 0 Å². The summed E-state index contributed by atoms with van der Waals surface area (Å²) in [6.07, 6.45) is -3.72. The molecule has 18 heavy (non-hydrogen) atoms. The summed E-state index contributed by atoms with van der Waals surface area (Å²) < 4.78 is 42.0. The van der Waals surface area contributed by atoms with Crippen LogP contribution in [0.1, 0.15) is 27.7 Å². The Morgan fingerprint density at radius 2 is 1.67 bits per heavy atom. The highest BCUT2D eigenvalue weighted by Crippen LogP contribution is 2.41. The molecule has 0 radical (unpaired) electrons. The number of fused-ring (bicyclic) bond motifs is 1. The fourth-order valence-corrected chi connectivity index (χ4v) is 2.67. The van der Waals surface area contributed by atoms with Crippen molar-refractivity contribution >= 4 is 0 Å². The van der Waals surface area contributed by atoms with Crippen molar-refractivity contribution in [2.75, 3.05) is 6.61 Å². The van der Waals surface area contributed by atoms with Crippen LogP contribution in [-0.4, -0.2) is 49.0 Å². The molecule has 1 unspecified atom stereocenters. The predicted octanol–water partition coefficient (Wildman–Crippen LogP) is 1.35. The van der Waals surface area contributed by atoms with Crippen molar-refractivity contribution in [1.82, 2.24) is 0 Å². The molecular formula is C12H19FO5. The van der Waals surface area contributed by atoms with E-state index in [1.54, 1.807) is 27.7 Å². The first-order chi connectivity index (χ1) is 8.27. The molecule has 5 atom stereocenters. The monoisotopic (exact) mass is 262 g/mol. The van der Waals surface area contributed by atoms with Gasteiger partial charge < -0.3 is 23.7 Å². The summed E-state index contributed by atoms with van der Waals surface area (Å²) in [7, 11) is 0. The lowest BCUT2D eigenvalue weighted by Gasteiger charge is -2.25. The summed E-state index contributed by atoms with van der Waals surface area (Å²) in [6.45, 7) is 7.41. The van der Waals surface area contributed by atoms with E-state index in [2.05, 4.69) is 0 Å². The van der Waals surface area contributed by atoms with Gasteiger partial charge in [-0.1, -0.05) is 0 Å². The van der Waals surface area contributed by atoms with Gasteiger partial charge in [0.2, 0.25) is 0 Å². The van der Waals surface area contributed by atoms with Crippen molar-refractivity contribution in [3.63, 3.8) is 0 Å². The molecule has 3 fully saturated rings. The molecule has 3 aliphatic rings. The molecule has 3 aliphatic heterocycles. The number of halogens is 1. The van der Waals surface area contributed by atoms with Crippen molar-refractivity contribution in [2.45, 2.75) is 70.0 Å².